The number of nitrogens with zero attached hydrogens (tertiary/aromatic N) is 3. The van der Waals surface area contributed by atoms with Gasteiger partial charge in [-0.2, -0.15) is 13.2 Å². The number of hydrogen-bond acceptors (Lipinski definition) is 3. The van der Waals surface area contributed by atoms with E-state index in [0.717, 1.165) is 4.68 Å². The normalized spacial score (nSPS) is 11.9. The van der Waals surface area contributed by atoms with Gasteiger partial charge in [0.15, 0.2) is 0 Å². The topological polar surface area (TPSA) is 68.0 Å². The van der Waals surface area contributed by atoms with Gasteiger partial charge in [-0.15, -0.1) is 5.10 Å². The molecule has 1 aromatic heterocycles. The number of halogens is 3. The van der Waals surface area contributed by atoms with Gasteiger partial charge in [-0.1, -0.05) is 5.21 Å². The second-order valence-corrected chi connectivity index (χ2v) is 3.69. The van der Waals surface area contributed by atoms with Crippen LogP contribution in [-0.2, 0) is 6.54 Å². The Balaban J connectivity index is 2.29. The number of aryl methyl sites for hydroxylation is 1. The lowest BCUT2D eigenvalue weighted by molar-refractivity contribution is -0.137. The molecule has 0 unspecified atom stereocenters. The van der Waals surface area contributed by atoms with Crippen molar-refractivity contribution in [1.82, 2.24) is 15.0 Å². The average Bonchev–Trinajstić information content (AvgIpc) is 2.67. The van der Waals surface area contributed by atoms with Crippen LogP contribution in [0.25, 0.3) is 11.0 Å². The molecule has 2 aromatic rings. The maximum Gasteiger partial charge on any atom is 0.390 e. The number of carbonyl (C=O) groups is 1. The smallest absolute Gasteiger partial charge is 0.390 e. The van der Waals surface area contributed by atoms with E-state index in [1.165, 1.54) is 18.2 Å². The van der Waals surface area contributed by atoms with E-state index in [-0.39, 0.29) is 17.6 Å². The van der Waals surface area contributed by atoms with Gasteiger partial charge >= 0.3 is 12.1 Å². The first-order chi connectivity index (χ1) is 8.37. The zero-order valence-electron chi connectivity index (χ0n) is 8.98. The van der Waals surface area contributed by atoms with Crippen molar-refractivity contribution >= 4 is 17.0 Å². The highest BCUT2D eigenvalue weighted by atomic mass is 19.4. The van der Waals surface area contributed by atoms with E-state index >= 15 is 0 Å². The zero-order valence-corrected chi connectivity index (χ0v) is 8.98. The number of rotatable bonds is 3. The molecule has 0 fully saturated rings. The van der Waals surface area contributed by atoms with Crippen LogP contribution in [0.15, 0.2) is 18.2 Å². The predicted octanol–water partition coefficient (Wildman–Crippen LogP) is 2.08. The van der Waals surface area contributed by atoms with E-state index in [9.17, 15) is 18.0 Å². The van der Waals surface area contributed by atoms with Gasteiger partial charge < -0.3 is 5.11 Å². The number of fused-ring (bicyclic) bond motifs is 1. The summed E-state index contributed by atoms with van der Waals surface area (Å²) in [6.07, 6.45) is -5.27. The van der Waals surface area contributed by atoms with Gasteiger partial charge in [0.1, 0.15) is 5.52 Å². The standard InChI is InChI=1S/C10H8F3N3O2/c11-10(12,13)3-4-16-8-2-1-6(9(17)18)5-7(8)14-15-16/h1-2,5H,3-4H2,(H,17,18). The second kappa shape index (κ2) is 4.28. The van der Waals surface area contributed by atoms with Crippen LogP contribution in [0, 0.1) is 0 Å². The highest BCUT2D eigenvalue weighted by Gasteiger charge is 2.27. The molecule has 0 aliphatic rings. The molecule has 18 heavy (non-hydrogen) atoms. The fraction of sp³-hybridized carbons (Fsp3) is 0.300. The molecule has 0 saturated heterocycles. The highest BCUT2D eigenvalue weighted by molar-refractivity contribution is 5.92. The van der Waals surface area contributed by atoms with Crippen molar-refractivity contribution in [3.05, 3.63) is 23.8 Å². The largest absolute Gasteiger partial charge is 0.478 e. The molecule has 0 spiro atoms. The quantitative estimate of drug-likeness (QED) is 0.916. The zero-order chi connectivity index (χ0) is 13.3. The molecule has 0 aliphatic carbocycles. The number of aromatic carboxylic acids is 1. The minimum Gasteiger partial charge on any atom is -0.478 e. The van der Waals surface area contributed by atoms with Gasteiger partial charge in [0.25, 0.3) is 0 Å². The van der Waals surface area contributed by atoms with E-state index in [2.05, 4.69) is 10.3 Å². The first-order valence-corrected chi connectivity index (χ1v) is 5.00. The SMILES string of the molecule is O=C(O)c1ccc2c(c1)nnn2CCC(F)(F)F. The maximum atomic E-state index is 12.1. The van der Waals surface area contributed by atoms with Gasteiger partial charge in [-0.25, -0.2) is 9.48 Å². The first-order valence-electron chi connectivity index (χ1n) is 5.00. The van der Waals surface area contributed by atoms with E-state index in [1.54, 1.807) is 0 Å². The van der Waals surface area contributed by atoms with Crippen LogP contribution in [-0.4, -0.2) is 32.2 Å². The van der Waals surface area contributed by atoms with Crippen molar-refractivity contribution in [3.63, 3.8) is 0 Å². The third-order valence-corrected chi connectivity index (χ3v) is 2.37. The number of alkyl halides is 3. The van der Waals surface area contributed by atoms with Gasteiger partial charge in [-0.3, -0.25) is 0 Å². The Labute approximate surface area is 98.8 Å². The minimum atomic E-state index is -4.26. The van der Waals surface area contributed by atoms with Crippen molar-refractivity contribution in [1.29, 1.82) is 0 Å². The third kappa shape index (κ3) is 2.58. The summed E-state index contributed by atoms with van der Waals surface area (Å²) in [5, 5.41) is 16.0. The molecular weight excluding hydrogens is 251 g/mol. The van der Waals surface area contributed by atoms with Crippen molar-refractivity contribution in [2.75, 3.05) is 0 Å². The van der Waals surface area contributed by atoms with Crippen LogP contribution in [0.1, 0.15) is 16.8 Å². The van der Waals surface area contributed by atoms with Crippen molar-refractivity contribution < 1.29 is 23.1 Å². The molecule has 1 heterocycles. The Morgan fingerprint density at radius 3 is 2.72 bits per heavy atom. The van der Waals surface area contributed by atoms with Crippen molar-refractivity contribution in [2.24, 2.45) is 0 Å². The molecule has 5 nitrogen and oxygen atoms in total. The number of benzene rings is 1. The highest BCUT2D eigenvalue weighted by Crippen LogP contribution is 2.21. The summed E-state index contributed by atoms with van der Waals surface area (Å²) in [6.45, 7) is -0.341. The molecule has 8 heteroatoms. The average molecular weight is 259 g/mol. The lowest BCUT2D eigenvalue weighted by atomic mass is 10.2. The predicted molar refractivity (Wildman–Crippen MR) is 55.2 cm³/mol. The second-order valence-electron chi connectivity index (χ2n) is 3.69. The maximum absolute atomic E-state index is 12.1. The van der Waals surface area contributed by atoms with E-state index in [4.69, 9.17) is 5.11 Å². The van der Waals surface area contributed by atoms with Gasteiger partial charge in [-0.05, 0) is 18.2 Å². The summed E-state index contributed by atoms with van der Waals surface area (Å²) >= 11 is 0. The summed E-state index contributed by atoms with van der Waals surface area (Å²) in [5.74, 6) is -1.12. The molecule has 0 amide bonds. The summed E-state index contributed by atoms with van der Waals surface area (Å²) in [7, 11) is 0. The third-order valence-electron chi connectivity index (χ3n) is 2.37. The summed E-state index contributed by atoms with van der Waals surface area (Å²) in [5.41, 5.74) is 0.659. The molecule has 0 atom stereocenters. The molecule has 0 radical (unpaired) electrons. The van der Waals surface area contributed by atoms with Crippen LogP contribution >= 0.6 is 0 Å². The molecule has 0 saturated carbocycles. The molecule has 1 N–H and O–H groups in total. The Bertz CT molecular complexity index is 592. The van der Waals surface area contributed by atoms with E-state index in [0.29, 0.717) is 5.52 Å². The monoisotopic (exact) mass is 259 g/mol. The summed E-state index contributed by atoms with van der Waals surface area (Å²) < 4.78 is 37.3. The van der Waals surface area contributed by atoms with Gasteiger partial charge in [0.2, 0.25) is 0 Å². The number of carboxylic acids is 1. The lowest BCUT2D eigenvalue weighted by Gasteiger charge is -2.06. The van der Waals surface area contributed by atoms with Crippen molar-refractivity contribution in [3.8, 4) is 0 Å². The Morgan fingerprint density at radius 2 is 2.11 bits per heavy atom. The molecule has 1 aromatic carbocycles. The van der Waals surface area contributed by atoms with Crippen molar-refractivity contribution in [2.45, 2.75) is 19.1 Å². The van der Waals surface area contributed by atoms with E-state index in [1.807, 2.05) is 0 Å². The van der Waals surface area contributed by atoms with Crippen LogP contribution < -0.4 is 0 Å². The molecule has 96 valence electrons. The molecular formula is C10H8F3N3O2. The lowest BCUT2D eigenvalue weighted by Crippen LogP contribution is -2.13. The minimum absolute atomic E-state index is 0.0189. The Hall–Kier alpha value is -2.12. The Kier molecular flexibility index (Phi) is 2.93. The van der Waals surface area contributed by atoms with Gasteiger partial charge in [0, 0.05) is 0 Å². The van der Waals surface area contributed by atoms with Gasteiger partial charge in [0.05, 0.1) is 24.0 Å². The number of aromatic nitrogens is 3. The molecule has 0 aliphatic heterocycles. The molecule has 0 bridgehead atoms. The number of carboxylic acid groups (broad SMARTS) is 1. The van der Waals surface area contributed by atoms with Crippen LogP contribution in [0.5, 0.6) is 0 Å². The van der Waals surface area contributed by atoms with Crippen LogP contribution in [0.3, 0.4) is 0 Å². The molecule has 2 rings (SSSR count). The van der Waals surface area contributed by atoms with Crippen LogP contribution in [0.2, 0.25) is 0 Å². The van der Waals surface area contributed by atoms with E-state index < -0.39 is 18.6 Å². The number of hydrogen-bond donors (Lipinski definition) is 1. The first kappa shape index (κ1) is 12.3. The van der Waals surface area contributed by atoms with Crippen LogP contribution in [0.4, 0.5) is 13.2 Å². The summed E-state index contributed by atoms with van der Waals surface area (Å²) in [6, 6.07) is 3.97. The fourth-order valence-electron chi connectivity index (χ4n) is 1.50. The Morgan fingerprint density at radius 1 is 1.39 bits per heavy atom. The summed E-state index contributed by atoms with van der Waals surface area (Å²) in [4.78, 5) is 10.7. The fourth-order valence-corrected chi connectivity index (χ4v) is 1.50.